The topological polar surface area (TPSA) is 68.3 Å². The van der Waals surface area contributed by atoms with Crippen LogP contribution in [0.4, 0.5) is 0 Å². The van der Waals surface area contributed by atoms with Gasteiger partial charge in [-0.25, -0.2) is 0 Å². The van der Waals surface area contributed by atoms with Gasteiger partial charge in [-0.15, -0.1) is 0 Å². The first-order valence-electron chi connectivity index (χ1n) is 8.42. The summed E-state index contributed by atoms with van der Waals surface area (Å²) in [4.78, 5) is 0.0499. The van der Waals surface area contributed by atoms with Crippen molar-refractivity contribution in [2.75, 3.05) is 7.11 Å². The van der Waals surface area contributed by atoms with E-state index in [0.717, 1.165) is 21.9 Å². The summed E-state index contributed by atoms with van der Waals surface area (Å²) in [5, 5.41) is 11.5. The van der Waals surface area contributed by atoms with Crippen LogP contribution in [-0.4, -0.2) is 12.1 Å². The third-order valence-electron chi connectivity index (χ3n) is 4.20. The minimum absolute atomic E-state index is 0.0499. The van der Waals surface area contributed by atoms with E-state index in [4.69, 9.17) is 32.7 Å². The minimum atomic E-state index is 0.0499. The number of methoxy groups -OCH3 is 1. The van der Waals surface area contributed by atoms with E-state index in [-0.39, 0.29) is 10.6 Å². The molecule has 4 nitrogen and oxygen atoms in total. The highest BCUT2D eigenvalue weighted by Gasteiger charge is 2.13. The third-order valence-corrected chi connectivity index (χ3v) is 5.01. The van der Waals surface area contributed by atoms with Crippen molar-refractivity contribution in [1.82, 2.24) is 0 Å². The highest BCUT2D eigenvalue weighted by molar-refractivity contribution is 9.10. The number of hydrogen-bond donors (Lipinski definition) is 1. The molecule has 0 saturated heterocycles. The maximum Gasteiger partial charge on any atom is 0.175 e. The van der Waals surface area contributed by atoms with Crippen molar-refractivity contribution < 1.29 is 9.47 Å². The van der Waals surface area contributed by atoms with Gasteiger partial charge in [-0.2, -0.15) is 5.26 Å². The highest BCUT2D eigenvalue weighted by Crippen LogP contribution is 2.38. The van der Waals surface area contributed by atoms with Crippen LogP contribution in [0.15, 0.2) is 64.6 Å². The number of benzene rings is 3. The Hall–Kier alpha value is -2.88. The first-order chi connectivity index (χ1) is 13.5. The van der Waals surface area contributed by atoms with Gasteiger partial charge in [0.2, 0.25) is 0 Å². The van der Waals surface area contributed by atoms with Crippen LogP contribution >= 0.6 is 28.1 Å². The van der Waals surface area contributed by atoms with E-state index in [0.29, 0.717) is 22.6 Å². The molecule has 0 aliphatic heterocycles. The second-order valence-electron chi connectivity index (χ2n) is 6.00. The summed E-state index contributed by atoms with van der Waals surface area (Å²) < 4.78 is 12.3. The molecule has 0 saturated carbocycles. The zero-order chi connectivity index (χ0) is 20.1. The Balaban J connectivity index is 1.92. The van der Waals surface area contributed by atoms with Crippen LogP contribution in [0.25, 0.3) is 16.8 Å². The second kappa shape index (κ2) is 8.87. The number of ether oxygens (including phenoxy) is 2. The van der Waals surface area contributed by atoms with Crippen molar-refractivity contribution in [3.05, 3.63) is 75.8 Å². The van der Waals surface area contributed by atoms with Gasteiger partial charge in [-0.1, -0.05) is 54.7 Å². The summed E-state index contributed by atoms with van der Waals surface area (Å²) >= 11 is 8.42. The lowest BCUT2D eigenvalue weighted by atomic mass is 10.1. The lowest BCUT2D eigenvalue weighted by Gasteiger charge is -2.15. The van der Waals surface area contributed by atoms with Crippen LogP contribution in [-0.2, 0) is 6.61 Å². The van der Waals surface area contributed by atoms with Gasteiger partial charge in [0.25, 0.3) is 0 Å². The number of rotatable bonds is 6. The van der Waals surface area contributed by atoms with Gasteiger partial charge >= 0.3 is 0 Å². The zero-order valence-corrected chi connectivity index (χ0v) is 17.5. The summed E-state index contributed by atoms with van der Waals surface area (Å²) in [5.74, 6) is 1.13. The highest BCUT2D eigenvalue weighted by atomic mass is 79.9. The lowest BCUT2D eigenvalue weighted by molar-refractivity contribution is 0.283. The number of nitrogens with zero attached hydrogens (tertiary/aromatic N) is 1. The summed E-state index contributed by atoms with van der Waals surface area (Å²) in [6.45, 7) is 0.391. The predicted molar refractivity (Wildman–Crippen MR) is 119 cm³/mol. The molecule has 140 valence electrons. The van der Waals surface area contributed by atoms with Crippen LogP contribution in [0.1, 0.15) is 11.1 Å². The van der Waals surface area contributed by atoms with Crippen LogP contribution < -0.4 is 15.2 Å². The molecule has 0 unspecified atom stereocenters. The molecule has 0 atom stereocenters. The molecule has 3 rings (SSSR count). The Labute approximate surface area is 177 Å². The van der Waals surface area contributed by atoms with Gasteiger partial charge in [0, 0.05) is 0 Å². The number of nitriles is 1. The molecule has 0 bridgehead atoms. The molecule has 28 heavy (non-hydrogen) atoms. The summed E-state index contributed by atoms with van der Waals surface area (Å²) in [6, 6.07) is 19.9. The molecule has 0 fully saturated rings. The first-order valence-corrected chi connectivity index (χ1v) is 9.62. The second-order valence-corrected chi connectivity index (χ2v) is 7.29. The molecule has 0 spiro atoms. The van der Waals surface area contributed by atoms with Crippen LogP contribution in [0, 0.1) is 11.3 Å². The van der Waals surface area contributed by atoms with Gasteiger partial charge in [0.15, 0.2) is 11.5 Å². The quantitative estimate of drug-likeness (QED) is 0.308. The molecular weight excluding hydrogens is 436 g/mol. The van der Waals surface area contributed by atoms with Gasteiger partial charge in [-0.3, -0.25) is 0 Å². The maximum absolute atomic E-state index is 9.15. The Morgan fingerprint density at radius 2 is 1.96 bits per heavy atom. The maximum atomic E-state index is 9.15. The molecule has 0 amide bonds. The monoisotopic (exact) mass is 452 g/mol. The molecule has 0 heterocycles. The first kappa shape index (κ1) is 19.9. The average molecular weight is 453 g/mol. The number of nitrogens with two attached hydrogens (primary N) is 1. The molecule has 0 radical (unpaired) electrons. The number of halogens is 1. The molecular formula is C22H17BrN2O2S. The van der Waals surface area contributed by atoms with Gasteiger partial charge < -0.3 is 15.2 Å². The van der Waals surface area contributed by atoms with Crippen molar-refractivity contribution in [2.24, 2.45) is 5.73 Å². The summed E-state index contributed by atoms with van der Waals surface area (Å²) in [5.41, 5.74) is 7.60. The zero-order valence-electron chi connectivity index (χ0n) is 15.1. The Morgan fingerprint density at radius 3 is 2.68 bits per heavy atom. The Bertz CT molecular complexity index is 1110. The molecule has 0 aromatic heterocycles. The van der Waals surface area contributed by atoms with Crippen molar-refractivity contribution in [3.8, 4) is 17.6 Å². The molecule has 3 aromatic carbocycles. The van der Waals surface area contributed by atoms with E-state index in [1.54, 1.807) is 19.3 Å². The fraction of sp³-hybridized carbons (Fsp3) is 0.0909. The van der Waals surface area contributed by atoms with E-state index in [1.807, 2.05) is 36.4 Å². The standard InChI is InChI=1S/C22H17BrN2O2S/c1-26-20-11-14(9-17(12-24)22(25)28)10-19(23)21(20)27-13-16-7-4-6-15-5-2-3-8-18(15)16/h2-11H,13H2,1H3,(H2,25,28)/b17-9+. The molecule has 0 aliphatic rings. The third kappa shape index (κ3) is 4.33. The van der Waals surface area contributed by atoms with Crippen LogP contribution in [0.2, 0.25) is 0 Å². The predicted octanol–water partition coefficient (Wildman–Crippen LogP) is 5.38. The smallest absolute Gasteiger partial charge is 0.175 e. The Kier molecular flexibility index (Phi) is 6.30. The molecule has 0 aliphatic carbocycles. The minimum Gasteiger partial charge on any atom is -0.493 e. The van der Waals surface area contributed by atoms with Gasteiger partial charge in [0.05, 0.1) is 17.2 Å². The number of thiocarbonyl (C=S) groups is 1. The van der Waals surface area contributed by atoms with Crippen molar-refractivity contribution >= 4 is 50.0 Å². The largest absolute Gasteiger partial charge is 0.493 e. The SMILES string of the molecule is COc1cc(/C=C(\C#N)C(N)=S)cc(Br)c1OCc1cccc2ccccc12. The fourth-order valence-corrected chi connectivity index (χ4v) is 3.54. The van der Waals surface area contributed by atoms with E-state index < -0.39 is 0 Å². The lowest BCUT2D eigenvalue weighted by Crippen LogP contribution is -2.09. The fourth-order valence-electron chi connectivity index (χ4n) is 2.86. The number of hydrogen-bond acceptors (Lipinski definition) is 4. The summed E-state index contributed by atoms with van der Waals surface area (Å²) in [7, 11) is 1.57. The van der Waals surface area contributed by atoms with Gasteiger partial charge in [-0.05, 0) is 56.0 Å². The van der Waals surface area contributed by atoms with E-state index in [2.05, 4.69) is 34.1 Å². The average Bonchev–Trinajstić information content (AvgIpc) is 2.70. The van der Waals surface area contributed by atoms with Crippen molar-refractivity contribution in [3.63, 3.8) is 0 Å². The molecule has 3 aromatic rings. The van der Waals surface area contributed by atoms with Crippen molar-refractivity contribution in [1.29, 1.82) is 5.26 Å². The summed E-state index contributed by atoms with van der Waals surface area (Å²) in [6.07, 6.45) is 1.62. The van der Waals surface area contributed by atoms with E-state index in [9.17, 15) is 0 Å². The van der Waals surface area contributed by atoms with Crippen LogP contribution in [0.3, 0.4) is 0 Å². The van der Waals surface area contributed by atoms with Crippen LogP contribution in [0.5, 0.6) is 11.5 Å². The van der Waals surface area contributed by atoms with Gasteiger partial charge in [0.1, 0.15) is 17.7 Å². The van der Waals surface area contributed by atoms with E-state index >= 15 is 0 Å². The number of fused-ring (bicyclic) bond motifs is 1. The Morgan fingerprint density at radius 1 is 1.21 bits per heavy atom. The molecule has 6 heteroatoms. The molecule has 2 N–H and O–H groups in total. The normalized spacial score (nSPS) is 11.1. The van der Waals surface area contributed by atoms with Crippen molar-refractivity contribution in [2.45, 2.75) is 6.61 Å². The van der Waals surface area contributed by atoms with E-state index in [1.165, 1.54) is 0 Å².